The van der Waals surface area contributed by atoms with Gasteiger partial charge in [-0.15, -0.1) is 0 Å². The van der Waals surface area contributed by atoms with E-state index in [9.17, 15) is 14.4 Å². The minimum absolute atomic E-state index is 0.0108. The zero-order valence-corrected chi connectivity index (χ0v) is 26.2. The van der Waals surface area contributed by atoms with E-state index in [1.54, 1.807) is 18.2 Å². The lowest BCUT2D eigenvalue weighted by molar-refractivity contribution is -0.139. The molecule has 0 N–H and O–H groups in total. The number of esters is 2. The summed E-state index contributed by atoms with van der Waals surface area (Å²) in [5.41, 5.74) is 3.51. The molecule has 236 valence electrons. The maximum Gasteiger partial charge on any atom is 0.336 e. The summed E-state index contributed by atoms with van der Waals surface area (Å²) in [6.07, 6.45) is 9.61. The van der Waals surface area contributed by atoms with Crippen LogP contribution in [-0.2, 0) is 42.3 Å². The molecule has 1 fully saturated rings. The second-order valence-electron chi connectivity index (χ2n) is 12.0. The highest BCUT2D eigenvalue weighted by Crippen LogP contribution is 2.58. The molecule has 0 aromatic heterocycles. The second-order valence-corrected chi connectivity index (χ2v) is 12.0. The molecule has 3 aliphatic rings. The Kier molecular flexibility index (Phi) is 8.90. The Labute approximate surface area is 268 Å². The highest BCUT2D eigenvalue weighted by atomic mass is 16.6. The predicted octanol–water partition coefficient (Wildman–Crippen LogP) is 5.69. The Morgan fingerprint density at radius 2 is 1.59 bits per heavy atom. The maximum absolute atomic E-state index is 13.5. The average molecular weight is 620 g/mol. The Bertz CT molecular complexity index is 1730. The fourth-order valence-corrected chi connectivity index (χ4v) is 7.17. The van der Waals surface area contributed by atoms with Crippen LogP contribution in [0.1, 0.15) is 40.7 Å². The van der Waals surface area contributed by atoms with Crippen LogP contribution < -0.4 is 9.47 Å². The van der Waals surface area contributed by atoms with E-state index in [-0.39, 0.29) is 30.8 Å². The molecule has 8 heteroatoms. The number of likely N-dealkylation sites (N-methyl/N-ethyl adjacent to an activating group) is 1. The van der Waals surface area contributed by atoms with Gasteiger partial charge < -0.3 is 23.8 Å². The van der Waals surface area contributed by atoms with Gasteiger partial charge in [-0.3, -0.25) is 4.79 Å². The van der Waals surface area contributed by atoms with Crippen molar-refractivity contribution < 1.29 is 33.3 Å². The summed E-state index contributed by atoms with van der Waals surface area (Å²) in [4.78, 5) is 41.9. The van der Waals surface area contributed by atoms with Gasteiger partial charge in [-0.05, 0) is 73.0 Å². The molecule has 0 amide bonds. The van der Waals surface area contributed by atoms with Crippen LogP contribution in [0.5, 0.6) is 11.5 Å². The molecule has 2 bridgehead atoms. The van der Waals surface area contributed by atoms with Crippen LogP contribution in [0.2, 0.25) is 0 Å². The number of methoxy groups -OCH3 is 2. The van der Waals surface area contributed by atoms with E-state index in [0.717, 1.165) is 34.4 Å². The molecule has 0 radical (unpaired) electrons. The minimum Gasteiger partial charge on any atom is -0.493 e. The normalized spacial score (nSPS) is 22.2. The summed E-state index contributed by atoms with van der Waals surface area (Å²) in [5.74, 6) is -0.218. The van der Waals surface area contributed by atoms with Gasteiger partial charge in [0.2, 0.25) is 0 Å². The number of ether oxygens (including phenoxy) is 4. The molecular formula is C38H37NO7. The smallest absolute Gasteiger partial charge is 0.336 e. The van der Waals surface area contributed by atoms with Gasteiger partial charge in [0.15, 0.2) is 23.0 Å². The van der Waals surface area contributed by atoms with E-state index in [1.807, 2.05) is 66.7 Å². The molecule has 0 unspecified atom stereocenters. The first kappa shape index (κ1) is 31.0. The number of allylic oxidation sites excluding steroid dienone is 1. The van der Waals surface area contributed by atoms with Crippen molar-refractivity contribution in [3.63, 3.8) is 0 Å². The van der Waals surface area contributed by atoms with Crippen molar-refractivity contribution in [2.45, 2.75) is 37.3 Å². The summed E-state index contributed by atoms with van der Waals surface area (Å²) in [6.45, 7) is 0.750. The van der Waals surface area contributed by atoms with Crippen molar-refractivity contribution in [2.75, 3.05) is 27.8 Å². The summed E-state index contributed by atoms with van der Waals surface area (Å²) >= 11 is 0. The van der Waals surface area contributed by atoms with E-state index in [2.05, 4.69) is 11.9 Å². The van der Waals surface area contributed by atoms with Crippen LogP contribution in [0.15, 0.2) is 90.7 Å². The van der Waals surface area contributed by atoms with Gasteiger partial charge in [-0.25, -0.2) is 9.59 Å². The Balaban J connectivity index is 1.42. The maximum atomic E-state index is 13.5. The van der Waals surface area contributed by atoms with E-state index < -0.39 is 17.4 Å². The van der Waals surface area contributed by atoms with Gasteiger partial charge in [0, 0.05) is 41.5 Å². The van der Waals surface area contributed by atoms with Gasteiger partial charge in [0.1, 0.15) is 6.61 Å². The fourth-order valence-electron chi connectivity index (χ4n) is 7.17. The van der Waals surface area contributed by atoms with Crippen LogP contribution in [0.4, 0.5) is 0 Å². The molecule has 3 aromatic carbocycles. The van der Waals surface area contributed by atoms with Crippen LogP contribution in [0.3, 0.4) is 0 Å². The standard InChI is InChI=1S/C38H37NO7/c1-39-19-18-38-23-31(40)32(43-2)22-29(38)30(39)21-28-27(24-45-34(41)16-14-25-10-6-4-7-11-25)20-33(44-3)37(36(28)38)46-35(42)17-15-26-12-8-5-9-13-26/h4-17,20,22,29-30H,18-19,21,23-24H2,1-3H3/b16-14+,17-15+/t29-,30+,38-/m1/s1. The molecular weight excluding hydrogens is 582 g/mol. The molecule has 1 saturated heterocycles. The number of rotatable bonds is 9. The number of likely N-dealkylation sites (tertiary alicyclic amines) is 1. The fraction of sp³-hybridized carbons (Fsp3) is 0.289. The van der Waals surface area contributed by atoms with Gasteiger partial charge >= 0.3 is 11.9 Å². The number of nitrogens with zero attached hydrogens (tertiary/aromatic N) is 1. The van der Waals surface area contributed by atoms with Crippen LogP contribution >= 0.6 is 0 Å². The number of hydrogen-bond acceptors (Lipinski definition) is 8. The van der Waals surface area contributed by atoms with E-state index in [0.29, 0.717) is 30.1 Å². The Hall–Kier alpha value is -4.95. The van der Waals surface area contributed by atoms with Crippen molar-refractivity contribution in [1.82, 2.24) is 4.90 Å². The zero-order valence-electron chi connectivity index (χ0n) is 26.2. The lowest BCUT2D eigenvalue weighted by Crippen LogP contribution is -2.60. The molecule has 8 nitrogen and oxygen atoms in total. The van der Waals surface area contributed by atoms with E-state index in [4.69, 9.17) is 18.9 Å². The highest BCUT2D eigenvalue weighted by Gasteiger charge is 2.57. The Morgan fingerprint density at radius 3 is 2.22 bits per heavy atom. The highest BCUT2D eigenvalue weighted by molar-refractivity contribution is 5.96. The average Bonchev–Trinajstić information content (AvgIpc) is 3.07. The number of ketones is 1. The first-order valence-electron chi connectivity index (χ1n) is 15.4. The molecule has 1 aliphatic heterocycles. The van der Waals surface area contributed by atoms with Gasteiger partial charge in [-0.1, -0.05) is 60.7 Å². The van der Waals surface area contributed by atoms with Gasteiger partial charge in [0.25, 0.3) is 0 Å². The number of hydrogen-bond donors (Lipinski definition) is 0. The first-order chi connectivity index (χ1) is 22.3. The Morgan fingerprint density at radius 1 is 0.935 bits per heavy atom. The third-order valence-corrected chi connectivity index (χ3v) is 9.40. The summed E-state index contributed by atoms with van der Waals surface area (Å²) in [6, 6.07) is 20.8. The number of piperidine rings is 1. The summed E-state index contributed by atoms with van der Waals surface area (Å²) in [7, 11) is 5.12. The number of carbonyl (C=O) groups excluding carboxylic acids is 3. The third kappa shape index (κ3) is 6.00. The van der Waals surface area contributed by atoms with Crippen molar-refractivity contribution in [3.05, 3.63) is 119 Å². The molecule has 1 heterocycles. The molecule has 2 aliphatic carbocycles. The van der Waals surface area contributed by atoms with Crippen LogP contribution in [0.25, 0.3) is 12.2 Å². The summed E-state index contributed by atoms with van der Waals surface area (Å²) < 4.78 is 23.2. The number of fused-ring (bicyclic) bond motifs is 1. The summed E-state index contributed by atoms with van der Waals surface area (Å²) in [5, 5.41) is 0. The lowest BCUT2D eigenvalue weighted by atomic mass is 9.53. The van der Waals surface area contributed by atoms with Crippen molar-refractivity contribution in [2.24, 2.45) is 5.92 Å². The molecule has 3 aromatic rings. The molecule has 46 heavy (non-hydrogen) atoms. The number of benzene rings is 3. The quantitative estimate of drug-likeness (QED) is 0.172. The molecule has 3 atom stereocenters. The van der Waals surface area contributed by atoms with Gasteiger partial charge in [0.05, 0.1) is 14.2 Å². The first-order valence-corrected chi connectivity index (χ1v) is 15.4. The topological polar surface area (TPSA) is 91.4 Å². The van der Waals surface area contributed by atoms with Crippen molar-refractivity contribution >= 4 is 29.9 Å². The number of Topliss-reactive ketones (excluding diaryl/α,β-unsaturated/α-hetero) is 1. The molecule has 0 saturated carbocycles. The van der Waals surface area contributed by atoms with E-state index in [1.165, 1.54) is 26.4 Å². The van der Waals surface area contributed by atoms with Crippen molar-refractivity contribution in [3.8, 4) is 11.5 Å². The predicted molar refractivity (Wildman–Crippen MR) is 174 cm³/mol. The molecule has 0 spiro atoms. The zero-order chi connectivity index (χ0) is 32.3. The SMILES string of the molecule is COC1=C[C@@H]2[C@@H]3Cc4c(COC(=O)/C=C/c5ccccc5)cc(OC)c(OC(=O)/C=C/c5ccccc5)c4[C@]2(CCN3C)CC1=O. The monoisotopic (exact) mass is 619 g/mol. The number of carbonyl (C=O) groups is 3. The minimum atomic E-state index is -0.664. The van der Waals surface area contributed by atoms with Crippen LogP contribution in [0, 0.1) is 5.92 Å². The third-order valence-electron chi connectivity index (χ3n) is 9.40. The van der Waals surface area contributed by atoms with E-state index >= 15 is 0 Å². The molecule has 6 rings (SSSR count). The second kappa shape index (κ2) is 13.2. The van der Waals surface area contributed by atoms with Crippen molar-refractivity contribution in [1.29, 1.82) is 0 Å². The van der Waals surface area contributed by atoms with Crippen LogP contribution in [-0.4, -0.2) is 56.5 Å². The largest absolute Gasteiger partial charge is 0.493 e. The van der Waals surface area contributed by atoms with Gasteiger partial charge in [-0.2, -0.15) is 0 Å². The lowest BCUT2D eigenvalue weighted by Gasteiger charge is -2.57.